The van der Waals surface area contributed by atoms with E-state index in [4.69, 9.17) is 11.5 Å². The third-order valence-corrected chi connectivity index (χ3v) is 3.23. The van der Waals surface area contributed by atoms with E-state index < -0.39 is 0 Å². The molecule has 0 aliphatic carbocycles. The topological polar surface area (TPSA) is 74.5 Å². The number of anilines is 1. The minimum Gasteiger partial charge on any atom is -0.396 e. The lowest BCUT2D eigenvalue weighted by molar-refractivity contribution is 0.302. The van der Waals surface area contributed by atoms with Crippen LogP contribution in [-0.4, -0.2) is 28.3 Å². The smallest absolute Gasteiger partial charge is 0.186 e. The third kappa shape index (κ3) is 5.27. The number of aryl methyl sites for hydroxylation is 2. The summed E-state index contributed by atoms with van der Waals surface area (Å²) in [6, 6.07) is 2.31. The predicted molar refractivity (Wildman–Crippen MR) is 87.1 cm³/mol. The summed E-state index contributed by atoms with van der Waals surface area (Å²) >= 11 is 1.40. The maximum Gasteiger partial charge on any atom is 0.186 e. The van der Waals surface area contributed by atoms with Gasteiger partial charge in [-0.05, 0) is 39.3 Å². The van der Waals surface area contributed by atoms with Crippen LogP contribution in [0.1, 0.15) is 19.0 Å². The molecule has 7 heteroatoms. The maximum atomic E-state index is 8.95. The molecule has 0 spiro atoms. The minimum absolute atomic E-state index is 0.0905. The molecule has 6 nitrogen and oxygen atoms in total. The Labute approximate surface area is 129 Å². The Hall–Kier alpha value is -1.75. The Bertz CT molecular complexity index is 600. The molecule has 0 fully saturated rings. The van der Waals surface area contributed by atoms with Crippen molar-refractivity contribution in [3.05, 3.63) is 28.5 Å². The molecule has 3 N–H and O–H groups in total. The zero-order valence-corrected chi connectivity index (χ0v) is 13.4. The number of nitrogens with one attached hydrogen (secondary N) is 2. The molecule has 0 saturated carbocycles. The molecule has 1 heterocycles. The molecule has 1 rings (SSSR count). The summed E-state index contributed by atoms with van der Waals surface area (Å²) in [5, 5.41) is 13.0. The van der Waals surface area contributed by atoms with Gasteiger partial charge in [-0.2, -0.15) is 4.99 Å². The molecule has 0 saturated heterocycles. The standard InChI is InChI=1S/C14H21N5OS/c1-5-16-14-13(17-11(3)10-19(14)6-2)18-12(21-15-4)8-7-9-20/h1,8,10,15,20H,6-7,9H2,2-4H3,(H,17,18)/b12-8-,16-14?. The van der Waals surface area contributed by atoms with Gasteiger partial charge < -0.3 is 15.0 Å². The lowest BCUT2D eigenvalue weighted by atomic mass is 10.4. The van der Waals surface area contributed by atoms with Crippen molar-refractivity contribution in [2.75, 3.05) is 19.0 Å². The van der Waals surface area contributed by atoms with Crippen LogP contribution in [0.5, 0.6) is 0 Å². The second-order valence-corrected chi connectivity index (χ2v) is 5.15. The number of aromatic nitrogens is 2. The largest absolute Gasteiger partial charge is 0.396 e. The summed E-state index contributed by atoms with van der Waals surface area (Å²) in [5.74, 6) is 0.599. The van der Waals surface area contributed by atoms with Crippen LogP contribution in [0.3, 0.4) is 0 Å². The number of aliphatic hydroxyl groups is 1. The molecule has 114 valence electrons. The van der Waals surface area contributed by atoms with Crippen molar-refractivity contribution in [1.29, 1.82) is 0 Å². The highest BCUT2D eigenvalue weighted by Crippen LogP contribution is 2.13. The highest BCUT2D eigenvalue weighted by molar-refractivity contribution is 8.01. The van der Waals surface area contributed by atoms with E-state index in [-0.39, 0.29) is 6.61 Å². The average Bonchev–Trinajstić information content (AvgIpc) is 2.47. The fraction of sp³-hybridized carbons (Fsp3) is 0.429. The number of nitrogens with zero attached hydrogens (tertiary/aromatic N) is 3. The van der Waals surface area contributed by atoms with Gasteiger partial charge in [0.1, 0.15) is 0 Å². The van der Waals surface area contributed by atoms with Crippen LogP contribution in [0.4, 0.5) is 5.82 Å². The fourth-order valence-electron chi connectivity index (χ4n) is 1.72. The van der Waals surface area contributed by atoms with E-state index in [1.54, 1.807) is 0 Å². The molecule has 0 aliphatic rings. The van der Waals surface area contributed by atoms with Gasteiger partial charge in [-0.15, -0.1) is 0 Å². The lowest BCUT2D eigenvalue weighted by Crippen LogP contribution is -2.26. The number of terminal acetylenes is 1. The van der Waals surface area contributed by atoms with Crippen molar-refractivity contribution in [3.63, 3.8) is 0 Å². The summed E-state index contributed by atoms with van der Waals surface area (Å²) in [6.07, 6.45) is 9.66. The molecule has 0 aromatic carbocycles. The van der Waals surface area contributed by atoms with Crippen LogP contribution in [0, 0.1) is 19.4 Å². The predicted octanol–water partition coefficient (Wildman–Crippen LogP) is 1.21. The van der Waals surface area contributed by atoms with E-state index in [2.05, 4.69) is 26.1 Å². The van der Waals surface area contributed by atoms with Gasteiger partial charge in [0.25, 0.3) is 0 Å². The molecule has 1 aromatic heterocycles. The van der Waals surface area contributed by atoms with E-state index in [0.29, 0.717) is 17.7 Å². The molecule has 0 unspecified atom stereocenters. The number of rotatable bonds is 7. The van der Waals surface area contributed by atoms with E-state index in [0.717, 1.165) is 17.3 Å². The highest BCUT2D eigenvalue weighted by atomic mass is 32.2. The Kier molecular flexibility index (Phi) is 7.61. The van der Waals surface area contributed by atoms with Crippen LogP contribution >= 0.6 is 11.9 Å². The first-order valence-electron chi connectivity index (χ1n) is 6.65. The van der Waals surface area contributed by atoms with Gasteiger partial charge in [0, 0.05) is 25.4 Å². The summed E-state index contributed by atoms with van der Waals surface area (Å²) < 4.78 is 4.93. The van der Waals surface area contributed by atoms with Gasteiger partial charge >= 0.3 is 0 Å². The van der Waals surface area contributed by atoms with Gasteiger partial charge in [0.15, 0.2) is 11.3 Å². The van der Waals surface area contributed by atoms with Crippen LogP contribution in [-0.2, 0) is 6.54 Å². The summed E-state index contributed by atoms with van der Waals surface area (Å²) in [4.78, 5) is 8.54. The Morgan fingerprint density at radius 3 is 3.00 bits per heavy atom. The molecule has 0 bridgehead atoms. The average molecular weight is 307 g/mol. The Morgan fingerprint density at radius 2 is 2.43 bits per heavy atom. The Morgan fingerprint density at radius 1 is 1.67 bits per heavy atom. The maximum absolute atomic E-state index is 8.95. The number of aliphatic hydroxyl groups excluding tert-OH is 1. The fourth-order valence-corrected chi connectivity index (χ4v) is 2.29. The van der Waals surface area contributed by atoms with Crippen molar-refractivity contribution in [3.8, 4) is 12.5 Å². The second-order valence-electron chi connectivity index (χ2n) is 4.09. The van der Waals surface area contributed by atoms with Gasteiger partial charge in [0.05, 0.1) is 10.7 Å². The molecule has 1 aromatic rings. The number of hydrogen-bond acceptors (Lipinski definition) is 6. The minimum atomic E-state index is 0.0905. The van der Waals surface area contributed by atoms with E-state index in [1.807, 2.05) is 37.7 Å². The highest BCUT2D eigenvalue weighted by Gasteiger charge is 2.07. The van der Waals surface area contributed by atoms with Crippen molar-refractivity contribution in [2.45, 2.75) is 26.8 Å². The normalized spacial score (nSPS) is 12.3. The first-order chi connectivity index (χ1) is 10.2. The lowest BCUT2D eigenvalue weighted by Gasteiger charge is -2.13. The van der Waals surface area contributed by atoms with Crippen molar-refractivity contribution < 1.29 is 5.11 Å². The summed E-state index contributed by atoms with van der Waals surface area (Å²) in [6.45, 7) is 4.77. The zero-order chi connectivity index (χ0) is 15.7. The van der Waals surface area contributed by atoms with Crippen LogP contribution in [0.25, 0.3) is 0 Å². The van der Waals surface area contributed by atoms with E-state index >= 15 is 0 Å². The quantitative estimate of drug-likeness (QED) is 0.521. The number of hydrogen-bond donors (Lipinski definition) is 3. The van der Waals surface area contributed by atoms with Crippen molar-refractivity contribution in [1.82, 2.24) is 14.3 Å². The molecule has 21 heavy (non-hydrogen) atoms. The summed E-state index contributed by atoms with van der Waals surface area (Å²) in [7, 11) is 1.82. The molecule has 0 radical (unpaired) electrons. The molecular formula is C14H21N5OS. The van der Waals surface area contributed by atoms with Gasteiger partial charge in [0.2, 0.25) is 0 Å². The first-order valence-corrected chi connectivity index (χ1v) is 7.46. The molecule has 0 amide bonds. The molecular weight excluding hydrogens is 286 g/mol. The summed E-state index contributed by atoms with van der Waals surface area (Å²) in [5.41, 5.74) is 1.48. The third-order valence-electron chi connectivity index (χ3n) is 2.54. The van der Waals surface area contributed by atoms with Crippen molar-refractivity contribution in [2.24, 2.45) is 4.99 Å². The van der Waals surface area contributed by atoms with Crippen LogP contribution in [0.2, 0.25) is 0 Å². The Balaban J connectivity index is 3.25. The van der Waals surface area contributed by atoms with Gasteiger partial charge in [-0.25, -0.2) is 4.98 Å². The van der Waals surface area contributed by atoms with E-state index in [1.165, 1.54) is 11.9 Å². The first kappa shape index (κ1) is 17.3. The van der Waals surface area contributed by atoms with Gasteiger partial charge in [-0.1, -0.05) is 12.5 Å². The van der Waals surface area contributed by atoms with Crippen LogP contribution < -0.4 is 15.5 Å². The SMILES string of the molecule is C#CN=c1c(N/C(=C/CCO)SNC)nc(C)cn1CC. The van der Waals surface area contributed by atoms with Crippen LogP contribution in [0.15, 0.2) is 22.3 Å². The molecule has 0 atom stereocenters. The van der Waals surface area contributed by atoms with Gasteiger partial charge in [-0.3, -0.25) is 4.72 Å². The van der Waals surface area contributed by atoms with E-state index in [9.17, 15) is 0 Å². The molecule has 0 aliphatic heterocycles. The zero-order valence-electron chi connectivity index (χ0n) is 12.6. The monoisotopic (exact) mass is 307 g/mol. The van der Waals surface area contributed by atoms with Crippen molar-refractivity contribution >= 4 is 17.8 Å². The second kappa shape index (κ2) is 9.23.